The molecule has 2 N–H and O–H groups in total. The van der Waals surface area contributed by atoms with Crippen molar-refractivity contribution in [2.24, 2.45) is 5.41 Å². The molecule has 92 valence electrons. The van der Waals surface area contributed by atoms with Crippen LogP contribution < -0.4 is 5.32 Å². The van der Waals surface area contributed by atoms with Crippen LogP contribution in [0.1, 0.15) is 34.1 Å². The molecule has 0 spiro atoms. The van der Waals surface area contributed by atoms with Gasteiger partial charge >= 0.3 is 0 Å². The summed E-state index contributed by atoms with van der Waals surface area (Å²) < 4.78 is 0. The van der Waals surface area contributed by atoms with Crippen molar-refractivity contribution in [2.75, 3.05) is 33.3 Å². The quantitative estimate of drug-likeness (QED) is 0.642. The van der Waals surface area contributed by atoms with Crippen LogP contribution in [0.2, 0.25) is 0 Å². The fourth-order valence-corrected chi connectivity index (χ4v) is 1.64. The van der Waals surface area contributed by atoms with Gasteiger partial charge in [0.25, 0.3) is 0 Å². The third-order valence-corrected chi connectivity index (χ3v) is 2.92. The summed E-state index contributed by atoms with van der Waals surface area (Å²) in [5.74, 6) is 0. The maximum atomic E-state index is 8.87. The van der Waals surface area contributed by atoms with Crippen LogP contribution in [-0.2, 0) is 0 Å². The Kier molecular flexibility index (Phi) is 7.14. The second kappa shape index (κ2) is 7.20. The molecule has 0 saturated heterocycles. The van der Waals surface area contributed by atoms with Crippen molar-refractivity contribution in [1.29, 1.82) is 0 Å². The molecule has 3 nitrogen and oxygen atoms in total. The minimum absolute atomic E-state index is 0.244. The van der Waals surface area contributed by atoms with Gasteiger partial charge in [-0.2, -0.15) is 0 Å². The fourth-order valence-electron chi connectivity index (χ4n) is 1.64. The number of aliphatic hydroxyl groups is 1. The molecule has 15 heavy (non-hydrogen) atoms. The van der Waals surface area contributed by atoms with Crippen molar-refractivity contribution < 1.29 is 5.11 Å². The molecule has 0 heterocycles. The van der Waals surface area contributed by atoms with E-state index in [9.17, 15) is 0 Å². The van der Waals surface area contributed by atoms with Crippen LogP contribution in [0.5, 0.6) is 0 Å². The molecule has 0 aliphatic heterocycles. The van der Waals surface area contributed by atoms with Crippen LogP contribution in [0.25, 0.3) is 0 Å². The molecule has 0 saturated carbocycles. The van der Waals surface area contributed by atoms with Gasteiger partial charge in [0.2, 0.25) is 0 Å². The summed E-state index contributed by atoms with van der Waals surface area (Å²) in [5.41, 5.74) is 0.300. The first-order valence-corrected chi connectivity index (χ1v) is 5.96. The summed E-state index contributed by atoms with van der Waals surface area (Å²) in [6.07, 6.45) is 1.16. The van der Waals surface area contributed by atoms with E-state index in [2.05, 4.69) is 45.0 Å². The largest absolute Gasteiger partial charge is 0.395 e. The van der Waals surface area contributed by atoms with Gasteiger partial charge in [0, 0.05) is 25.7 Å². The predicted octanol–water partition coefficient (Wildman–Crippen LogP) is 1.32. The van der Waals surface area contributed by atoms with E-state index in [0.717, 1.165) is 26.1 Å². The van der Waals surface area contributed by atoms with Gasteiger partial charge in [-0.25, -0.2) is 0 Å². The molecule has 0 amide bonds. The number of hydrogen-bond donors (Lipinski definition) is 2. The van der Waals surface area contributed by atoms with E-state index in [4.69, 9.17) is 5.11 Å². The molecule has 1 unspecified atom stereocenters. The molecule has 0 aliphatic carbocycles. The van der Waals surface area contributed by atoms with Crippen LogP contribution in [0.15, 0.2) is 0 Å². The number of likely N-dealkylation sites (N-methyl/N-ethyl adjacent to an activating group) is 1. The molecule has 0 aromatic carbocycles. The van der Waals surface area contributed by atoms with E-state index >= 15 is 0 Å². The van der Waals surface area contributed by atoms with Gasteiger partial charge in [-0.05, 0) is 18.9 Å². The number of rotatable bonds is 8. The van der Waals surface area contributed by atoms with Gasteiger partial charge < -0.3 is 15.3 Å². The number of hydrogen-bond acceptors (Lipinski definition) is 3. The molecule has 0 rings (SSSR count). The minimum Gasteiger partial charge on any atom is -0.395 e. The Hall–Kier alpha value is -0.120. The van der Waals surface area contributed by atoms with Crippen LogP contribution in [0.4, 0.5) is 0 Å². The van der Waals surface area contributed by atoms with Crippen LogP contribution in [0.3, 0.4) is 0 Å². The van der Waals surface area contributed by atoms with E-state index in [1.807, 2.05) is 0 Å². The highest BCUT2D eigenvalue weighted by atomic mass is 16.3. The lowest BCUT2D eigenvalue weighted by molar-refractivity contribution is 0.150. The lowest BCUT2D eigenvalue weighted by atomic mass is 9.86. The van der Waals surface area contributed by atoms with E-state index in [1.165, 1.54) is 0 Å². The number of nitrogens with one attached hydrogen (secondary N) is 1. The Morgan fingerprint density at radius 3 is 2.40 bits per heavy atom. The Morgan fingerprint density at radius 2 is 2.00 bits per heavy atom. The van der Waals surface area contributed by atoms with Crippen LogP contribution >= 0.6 is 0 Å². The molecular formula is C12H28N2O. The first kappa shape index (κ1) is 14.9. The zero-order chi connectivity index (χ0) is 11.9. The molecular weight excluding hydrogens is 188 g/mol. The molecule has 0 aromatic heterocycles. The standard InChI is InChI=1S/C12H28N2O/c1-6-12(4,9-13-11(2)3)10-14(5)7-8-15/h11,13,15H,6-10H2,1-5H3. The number of nitrogens with zero attached hydrogens (tertiary/aromatic N) is 1. The lowest BCUT2D eigenvalue weighted by Crippen LogP contribution is -2.43. The smallest absolute Gasteiger partial charge is 0.0558 e. The summed E-state index contributed by atoms with van der Waals surface area (Å²) in [4.78, 5) is 2.20. The summed E-state index contributed by atoms with van der Waals surface area (Å²) >= 11 is 0. The van der Waals surface area contributed by atoms with Gasteiger partial charge in [0.1, 0.15) is 0 Å². The normalized spacial score (nSPS) is 16.0. The van der Waals surface area contributed by atoms with Crippen LogP contribution in [0, 0.1) is 5.41 Å². The summed E-state index contributed by atoms with van der Waals surface area (Å²) in [5, 5.41) is 12.4. The number of aliphatic hydroxyl groups excluding tert-OH is 1. The second-order valence-electron chi connectivity index (χ2n) is 5.16. The predicted molar refractivity (Wildman–Crippen MR) is 66.1 cm³/mol. The van der Waals surface area contributed by atoms with Crippen molar-refractivity contribution >= 4 is 0 Å². The third-order valence-electron chi connectivity index (χ3n) is 2.92. The highest BCUT2D eigenvalue weighted by Gasteiger charge is 2.23. The van der Waals surface area contributed by atoms with Gasteiger partial charge in [0.15, 0.2) is 0 Å². The first-order chi connectivity index (χ1) is 6.93. The average molecular weight is 216 g/mol. The summed E-state index contributed by atoms with van der Waals surface area (Å²) in [6, 6.07) is 0.541. The van der Waals surface area contributed by atoms with Gasteiger partial charge in [-0.3, -0.25) is 0 Å². The lowest BCUT2D eigenvalue weighted by Gasteiger charge is -2.33. The van der Waals surface area contributed by atoms with Crippen LogP contribution in [-0.4, -0.2) is 49.3 Å². The van der Waals surface area contributed by atoms with E-state index in [1.54, 1.807) is 0 Å². The van der Waals surface area contributed by atoms with Crippen molar-refractivity contribution in [1.82, 2.24) is 10.2 Å². The van der Waals surface area contributed by atoms with Gasteiger partial charge in [-0.1, -0.05) is 27.7 Å². The Labute approximate surface area is 94.9 Å². The van der Waals surface area contributed by atoms with Crippen molar-refractivity contribution in [3.05, 3.63) is 0 Å². The molecule has 0 aromatic rings. The molecule has 3 heteroatoms. The topological polar surface area (TPSA) is 35.5 Å². The second-order valence-corrected chi connectivity index (χ2v) is 5.16. The van der Waals surface area contributed by atoms with Crippen molar-refractivity contribution in [3.8, 4) is 0 Å². The fraction of sp³-hybridized carbons (Fsp3) is 1.00. The maximum Gasteiger partial charge on any atom is 0.0558 e. The third kappa shape index (κ3) is 6.88. The van der Waals surface area contributed by atoms with Crippen molar-refractivity contribution in [3.63, 3.8) is 0 Å². The van der Waals surface area contributed by atoms with Crippen molar-refractivity contribution in [2.45, 2.75) is 40.2 Å². The Morgan fingerprint density at radius 1 is 1.40 bits per heavy atom. The summed E-state index contributed by atoms with van der Waals surface area (Å²) in [7, 11) is 2.07. The monoisotopic (exact) mass is 216 g/mol. The average Bonchev–Trinajstić information content (AvgIpc) is 2.15. The van der Waals surface area contributed by atoms with E-state index < -0.39 is 0 Å². The zero-order valence-electron chi connectivity index (χ0n) is 11.0. The molecule has 0 aliphatic rings. The Balaban J connectivity index is 4.05. The molecule has 0 bridgehead atoms. The summed E-state index contributed by atoms with van der Waals surface area (Å²) in [6.45, 7) is 12.0. The first-order valence-electron chi connectivity index (χ1n) is 5.96. The van der Waals surface area contributed by atoms with E-state index in [-0.39, 0.29) is 6.61 Å². The minimum atomic E-state index is 0.244. The molecule has 0 fully saturated rings. The molecule has 0 radical (unpaired) electrons. The maximum absolute atomic E-state index is 8.87. The van der Waals surface area contributed by atoms with Gasteiger partial charge in [0.05, 0.1) is 6.61 Å². The van der Waals surface area contributed by atoms with E-state index in [0.29, 0.717) is 11.5 Å². The Bertz CT molecular complexity index is 162. The highest BCUT2D eigenvalue weighted by Crippen LogP contribution is 2.21. The highest BCUT2D eigenvalue weighted by molar-refractivity contribution is 4.79. The molecule has 1 atom stereocenters. The SMILES string of the molecule is CCC(C)(CNC(C)C)CN(C)CCO. The van der Waals surface area contributed by atoms with Gasteiger partial charge in [-0.15, -0.1) is 0 Å². The zero-order valence-corrected chi connectivity index (χ0v) is 11.0.